The van der Waals surface area contributed by atoms with Gasteiger partial charge in [-0.1, -0.05) is 34.8 Å². The molecule has 0 atom stereocenters. The molecule has 0 aliphatic rings. The second kappa shape index (κ2) is 14.1. The average Bonchev–Trinajstić information content (AvgIpc) is 1.87. The molecule has 1 aromatic carbocycles. The molecule has 0 saturated heterocycles. The van der Waals surface area contributed by atoms with Crippen LogP contribution in [-0.4, -0.2) is 4.30 Å². The molecule has 0 spiro atoms. The number of rotatable bonds is 0. The van der Waals surface area contributed by atoms with Crippen molar-refractivity contribution in [2.24, 2.45) is 0 Å². The second-order valence-electron chi connectivity index (χ2n) is 1.56. The van der Waals surface area contributed by atoms with Gasteiger partial charge < -0.3 is 48.0 Å². The molecule has 0 saturated carbocycles. The Bertz CT molecular complexity index is 182. The van der Waals surface area contributed by atoms with Crippen LogP contribution in [0.5, 0.6) is 0 Å². The Morgan fingerprint density at radius 2 is 1.23 bits per heavy atom. The number of hydrogen-bond donors (Lipinski definition) is 0. The smallest absolute Gasteiger partial charge is 1.00 e. The third-order valence-electron chi connectivity index (χ3n) is 0.743. The van der Waals surface area contributed by atoms with Crippen molar-refractivity contribution in [3.05, 3.63) is 30.3 Å². The zero-order valence-corrected chi connectivity index (χ0v) is 14.1. The van der Waals surface area contributed by atoms with Crippen molar-refractivity contribution in [1.29, 1.82) is 0 Å². The fourth-order valence-corrected chi connectivity index (χ4v) is 0.666. The van der Waals surface area contributed by atoms with Gasteiger partial charge in [0.05, 0.1) is 0 Å². The third kappa shape index (κ3) is 20.2. The number of alkyl halides is 3. The van der Waals surface area contributed by atoms with E-state index in [-0.39, 0.29) is 48.0 Å². The molecule has 0 bridgehead atoms. The van der Waals surface area contributed by atoms with Crippen molar-refractivity contribution in [3.8, 4) is 0 Å². The molecule has 0 aliphatic heterocycles. The van der Waals surface area contributed by atoms with Crippen LogP contribution in [0.4, 0.5) is 0 Å². The van der Waals surface area contributed by atoms with Crippen molar-refractivity contribution in [2.45, 2.75) is 4.30 Å². The van der Waals surface area contributed by atoms with E-state index >= 15 is 0 Å². The van der Waals surface area contributed by atoms with E-state index in [2.05, 4.69) is 16.3 Å². The molecule has 0 unspecified atom stereocenters. The summed E-state index contributed by atoms with van der Waals surface area (Å²) >= 11 is 17.3. The molecule has 1 aromatic rings. The van der Waals surface area contributed by atoms with Gasteiger partial charge >= 0.3 is 51.0 Å². The summed E-state index contributed by atoms with van der Waals surface area (Å²) in [6.45, 7) is 0. The van der Waals surface area contributed by atoms with E-state index in [1.165, 1.54) is 4.43 Å². The molecule has 0 amide bonds. The van der Waals surface area contributed by atoms with E-state index in [0.29, 0.717) is 0 Å². The van der Waals surface area contributed by atoms with Crippen LogP contribution in [0.15, 0.2) is 30.3 Å². The molecule has 0 aromatic heterocycles. The SMILES string of the molecule is ClC(Cl)Cl.[Cr+2][c]1ccccc1.[I-].[I-]. The Kier molecular flexibility index (Phi) is 22.2. The predicted octanol–water partition coefficient (Wildman–Crippen LogP) is -3.15. The molecule has 6 heteroatoms. The summed E-state index contributed by atoms with van der Waals surface area (Å²) in [4.78, 5) is 0. The molecule has 0 radical (unpaired) electrons. The van der Waals surface area contributed by atoms with E-state index in [1.807, 2.05) is 30.3 Å². The Labute approximate surface area is 136 Å². The first-order chi connectivity index (χ1) is 5.13. The molecule has 0 heterocycles. The monoisotopic (exact) mass is 501 g/mol. The van der Waals surface area contributed by atoms with E-state index in [0.717, 1.165) is 0 Å². The maximum atomic E-state index is 4.81. The van der Waals surface area contributed by atoms with Gasteiger partial charge in [-0.05, 0) is 0 Å². The first kappa shape index (κ1) is 20.5. The van der Waals surface area contributed by atoms with E-state index in [4.69, 9.17) is 34.8 Å². The van der Waals surface area contributed by atoms with Gasteiger partial charge in [0, 0.05) is 0 Å². The fourth-order valence-electron chi connectivity index (χ4n) is 0.420. The van der Waals surface area contributed by atoms with Gasteiger partial charge in [0.15, 0.2) is 4.30 Å². The van der Waals surface area contributed by atoms with Crippen LogP contribution in [0, 0.1) is 0 Å². The number of hydrogen-bond acceptors (Lipinski definition) is 0. The van der Waals surface area contributed by atoms with Crippen molar-refractivity contribution in [1.82, 2.24) is 0 Å². The van der Waals surface area contributed by atoms with Crippen LogP contribution in [0.25, 0.3) is 0 Å². The largest absolute Gasteiger partial charge is 1.00 e. The van der Waals surface area contributed by atoms with Gasteiger partial charge in [-0.25, -0.2) is 0 Å². The molecule has 1 rings (SSSR count). The summed E-state index contributed by atoms with van der Waals surface area (Å²) in [6.07, 6.45) is 0. The zero-order chi connectivity index (χ0) is 8.69. The maximum Gasteiger partial charge on any atom is -1.00 e. The van der Waals surface area contributed by atoms with Crippen LogP contribution >= 0.6 is 34.8 Å². The summed E-state index contributed by atoms with van der Waals surface area (Å²) in [5.74, 6) is 0. The Hall–Kier alpha value is 2.08. The summed E-state index contributed by atoms with van der Waals surface area (Å²) in [6, 6.07) is 10.1. The number of halogens is 5. The molecular formula is C7H6Cl3CrI2. The average molecular weight is 502 g/mol. The predicted molar refractivity (Wildman–Crippen MR) is 47.4 cm³/mol. The second-order valence-corrected chi connectivity index (χ2v) is 4.28. The Morgan fingerprint density at radius 1 is 0.923 bits per heavy atom. The normalized spacial score (nSPS) is 7.31. The minimum Gasteiger partial charge on any atom is -1.00 e. The van der Waals surface area contributed by atoms with Crippen molar-refractivity contribution in [3.63, 3.8) is 0 Å². The van der Waals surface area contributed by atoms with E-state index in [1.54, 1.807) is 0 Å². The minimum absolute atomic E-state index is 0. The first-order valence-electron chi connectivity index (χ1n) is 2.77. The van der Waals surface area contributed by atoms with Crippen LogP contribution in [0.3, 0.4) is 0 Å². The van der Waals surface area contributed by atoms with Gasteiger partial charge in [-0.2, -0.15) is 0 Å². The molecular weight excluding hydrogens is 496 g/mol. The van der Waals surface area contributed by atoms with Crippen molar-refractivity contribution in [2.75, 3.05) is 0 Å². The maximum absolute atomic E-state index is 4.81. The van der Waals surface area contributed by atoms with E-state index < -0.39 is 4.30 Å². The first-order valence-corrected chi connectivity index (χ1v) is 4.72. The summed E-state index contributed by atoms with van der Waals surface area (Å²) < 4.78 is 0.447. The van der Waals surface area contributed by atoms with Crippen molar-refractivity contribution < 1.29 is 64.2 Å². The minimum atomic E-state index is -0.750. The summed E-state index contributed by atoms with van der Waals surface area (Å²) in [5.41, 5.74) is 0. The van der Waals surface area contributed by atoms with Gasteiger partial charge in [0.25, 0.3) is 0 Å². The summed E-state index contributed by atoms with van der Waals surface area (Å²) in [5, 5.41) is 0. The third-order valence-corrected chi connectivity index (χ3v) is 1.17. The molecule has 0 aliphatic carbocycles. The molecule has 0 nitrogen and oxygen atoms in total. The quantitative estimate of drug-likeness (QED) is 0.260. The topological polar surface area (TPSA) is 0 Å². The standard InChI is InChI=1S/C6H5.CHCl3.Cr.2HI/c1-2-4-6-5-3-1;2-1(3)4;;;/h1-5H;1H;;2*1H/q;;+2;;/p-2. The van der Waals surface area contributed by atoms with Gasteiger partial charge in [-0.15, -0.1) is 0 Å². The zero-order valence-electron chi connectivity index (χ0n) is 6.26. The van der Waals surface area contributed by atoms with Crippen LogP contribution in [-0.2, 0) is 16.3 Å². The van der Waals surface area contributed by atoms with Gasteiger partial charge in [0.1, 0.15) is 0 Å². The number of benzene rings is 1. The van der Waals surface area contributed by atoms with Crippen molar-refractivity contribution >= 4 is 39.2 Å². The van der Waals surface area contributed by atoms with Crippen LogP contribution < -0.4 is 52.4 Å². The fraction of sp³-hybridized carbons (Fsp3) is 0.143. The molecule has 0 fully saturated rings. The Balaban J connectivity index is -0.000000150. The molecule has 0 N–H and O–H groups in total. The molecule has 13 heavy (non-hydrogen) atoms. The van der Waals surface area contributed by atoms with Crippen LogP contribution in [0.1, 0.15) is 0 Å². The van der Waals surface area contributed by atoms with Gasteiger partial charge in [0.2, 0.25) is 0 Å². The van der Waals surface area contributed by atoms with Crippen LogP contribution in [0.2, 0.25) is 0 Å². The van der Waals surface area contributed by atoms with E-state index in [9.17, 15) is 0 Å². The Morgan fingerprint density at radius 3 is 1.38 bits per heavy atom. The van der Waals surface area contributed by atoms with Gasteiger partial charge in [-0.3, -0.25) is 0 Å². The summed E-state index contributed by atoms with van der Waals surface area (Å²) in [7, 11) is 0. The molecule has 75 valence electrons.